The van der Waals surface area contributed by atoms with Crippen LogP contribution in [0.4, 0.5) is 0 Å². The largest absolute Gasteiger partial charge is 0.352 e. The van der Waals surface area contributed by atoms with E-state index in [1.165, 1.54) is 10.6 Å². The summed E-state index contributed by atoms with van der Waals surface area (Å²) < 4.78 is 24.4. The summed E-state index contributed by atoms with van der Waals surface area (Å²) in [6, 6.07) is 5.27. The molecule has 1 aromatic rings. The van der Waals surface area contributed by atoms with Crippen LogP contribution < -0.4 is 5.32 Å². The first-order chi connectivity index (χ1) is 10.3. The zero-order valence-electron chi connectivity index (χ0n) is 12.8. The third kappa shape index (κ3) is 4.21. The van der Waals surface area contributed by atoms with Gasteiger partial charge in [0.2, 0.25) is 10.0 Å². The minimum absolute atomic E-state index is 0.134. The minimum atomic E-state index is -3.10. The summed E-state index contributed by atoms with van der Waals surface area (Å²) in [7, 11) is -3.10. The van der Waals surface area contributed by atoms with Crippen molar-refractivity contribution < 1.29 is 13.2 Å². The number of hydrogen-bond donors (Lipinski definition) is 1. The fourth-order valence-corrected chi connectivity index (χ4v) is 3.68. The average Bonchev–Trinajstić information content (AvgIpc) is 2.47. The van der Waals surface area contributed by atoms with Gasteiger partial charge in [0.25, 0.3) is 5.91 Å². The van der Waals surface area contributed by atoms with E-state index in [1.54, 1.807) is 18.2 Å². The lowest BCUT2D eigenvalue weighted by Crippen LogP contribution is -2.41. The second-order valence-electron chi connectivity index (χ2n) is 5.73. The molecule has 5 nitrogen and oxygen atoms in total. The van der Waals surface area contributed by atoms with Gasteiger partial charge in [0.15, 0.2) is 0 Å². The van der Waals surface area contributed by atoms with Crippen molar-refractivity contribution in [2.75, 3.05) is 25.9 Å². The van der Waals surface area contributed by atoms with Gasteiger partial charge in [0.05, 0.1) is 6.26 Å². The Balaban J connectivity index is 1.87. The molecule has 1 aliphatic rings. The molecule has 0 aliphatic carbocycles. The minimum Gasteiger partial charge on any atom is -0.352 e. The van der Waals surface area contributed by atoms with E-state index in [9.17, 15) is 13.2 Å². The highest BCUT2D eigenvalue weighted by atomic mass is 35.5. The monoisotopic (exact) mass is 344 g/mol. The zero-order chi connectivity index (χ0) is 16.3. The van der Waals surface area contributed by atoms with Gasteiger partial charge in [-0.15, -0.1) is 0 Å². The summed E-state index contributed by atoms with van der Waals surface area (Å²) in [5, 5.41) is 3.50. The van der Waals surface area contributed by atoms with Crippen LogP contribution in [0.5, 0.6) is 0 Å². The van der Waals surface area contributed by atoms with E-state index >= 15 is 0 Å². The molecule has 1 N–H and O–H groups in total. The van der Waals surface area contributed by atoms with Crippen LogP contribution in [0.25, 0.3) is 0 Å². The molecule has 0 unspecified atom stereocenters. The Morgan fingerprint density at radius 2 is 2.00 bits per heavy atom. The molecule has 0 aromatic heterocycles. The van der Waals surface area contributed by atoms with Gasteiger partial charge in [0, 0.05) is 30.2 Å². The molecule has 1 fully saturated rings. The van der Waals surface area contributed by atoms with Crippen molar-refractivity contribution in [3.05, 3.63) is 34.3 Å². The van der Waals surface area contributed by atoms with Gasteiger partial charge in [0.1, 0.15) is 0 Å². The third-order valence-corrected chi connectivity index (χ3v) is 5.82. The highest BCUT2D eigenvalue weighted by Crippen LogP contribution is 2.20. The molecule has 122 valence electrons. The number of benzene rings is 1. The highest BCUT2D eigenvalue weighted by Gasteiger charge is 2.25. The Morgan fingerprint density at radius 1 is 1.36 bits per heavy atom. The Labute approximate surface area is 136 Å². The number of halogens is 1. The van der Waals surface area contributed by atoms with Crippen LogP contribution in [0.3, 0.4) is 0 Å². The molecule has 0 bridgehead atoms. The Hall–Kier alpha value is -1.11. The molecule has 1 amide bonds. The predicted molar refractivity (Wildman–Crippen MR) is 87.7 cm³/mol. The molecule has 7 heteroatoms. The summed E-state index contributed by atoms with van der Waals surface area (Å²) >= 11 is 6.02. The molecule has 0 radical (unpaired) electrons. The van der Waals surface area contributed by atoms with Crippen molar-refractivity contribution >= 4 is 27.5 Å². The van der Waals surface area contributed by atoms with Crippen molar-refractivity contribution in [2.45, 2.75) is 19.8 Å². The number of sulfonamides is 1. The Kier molecular flexibility index (Phi) is 5.47. The molecule has 1 saturated heterocycles. The number of hydrogen-bond acceptors (Lipinski definition) is 3. The maximum absolute atomic E-state index is 12.2. The van der Waals surface area contributed by atoms with E-state index in [0.717, 1.165) is 18.4 Å². The molecule has 1 heterocycles. The Morgan fingerprint density at radius 3 is 2.59 bits per heavy atom. The van der Waals surface area contributed by atoms with Crippen LogP contribution in [-0.2, 0) is 10.0 Å². The Bertz CT molecular complexity index is 653. The maximum atomic E-state index is 12.2. The van der Waals surface area contributed by atoms with E-state index in [1.807, 2.05) is 6.92 Å². The smallest absolute Gasteiger partial charge is 0.251 e. The standard InChI is InChI=1S/C15H21ClN2O3S/c1-11-13(4-3-5-14(11)16)15(19)17-10-12-6-8-18(9-7-12)22(2,20)21/h3-5,12H,6-10H2,1-2H3,(H,17,19). The summed E-state index contributed by atoms with van der Waals surface area (Å²) in [6.07, 6.45) is 2.76. The van der Waals surface area contributed by atoms with Crippen molar-refractivity contribution in [1.29, 1.82) is 0 Å². The summed E-state index contributed by atoms with van der Waals surface area (Å²) in [5.41, 5.74) is 1.36. The number of carbonyl (C=O) groups excluding carboxylic acids is 1. The summed E-state index contributed by atoms with van der Waals surface area (Å²) in [6.45, 7) is 3.43. The topological polar surface area (TPSA) is 66.5 Å². The van der Waals surface area contributed by atoms with Crippen molar-refractivity contribution in [1.82, 2.24) is 9.62 Å². The second kappa shape index (κ2) is 6.98. The predicted octanol–water partition coefficient (Wildman–Crippen LogP) is 2.05. The molecule has 0 atom stereocenters. The van der Waals surface area contributed by atoms with Gasteiger partial charge < -0.3 is 5.32 Å². The van der Waals surface area contributed by atoms with Crippen molar-refractivity contribution in [3.63, 3.8) is 0 Å². The van der Waals surface area contributed by atoms with E-state index < -0.39 is 10.0 Å². The normalized spacial score (nSPS) is 17.4. The SMILES string of the molecule is Cc1c(Cl)cccc1C(=O)NCC1CCN(S(C)(=O)=O)CC1. The molecule has 22 heavy (non-hydrogen) atoms. The highest BCUT2D eigenvalue weighted by molar-refractivity contribution is 7.88. The van der Waals surface area contributed by atoms with E-state index in [4.69, 9.17) is 11.6 Å². The molecule has 1 aliphatic heterocycles. The summed E-state index contributed by atoms with van der Waals surface area (Å²) in [4.78, 5) is 12.2. The van der Waals surface area contributed by atoms with Crippen LogP contribution in [0, 0.1) is 12.8 Å². The first-order valence-corrected chi connectivity index (χ1v) is 9.50. The molecule has 2 rings (SSSR count). The van der Waals surface area contributed by atoms with Gasteiger partial charge in [-0.3, -0.25) is 4.79 Å². The number of nitrogens with zero attached hydrogens (tertiary/aromatic N) is 1. The van der Waals surface area contributed by atoms with Crippen LogP contribution in [0.2, 0.25) is 5.02 Å². The first kappa shape index (κ1) is 17.2. The fraction of sp³-hybridized carbons (Fsp3) is 0.533. The third-order valence-electron chi connectivity index (χ3n) is 4.11. The van der Waals surface area contributed by atoms with Crippen LogP contribution in [0.1, 0.15) is 28.8 Å². The average molecular weight is 345 g/mol. The van der Waals surface area contributed by atoms with Crippen LogP contribution in [-0.4, -0.2) is 44.5 Å². The molecular formula is C15H21ClN2O3S. The number of carbonyl (C=O) groups is 1. The van der Waals surface area contributed by atoms with Crippen LogP contribution >= 0.6 is 11.6 Å². The number of piperidine rings is 1. The zero-order valence-corrected chi connectivity index (χ0v) is 14.4. The number of amides is 1. The van der Waals surface area contributed by atoms with Crippen molar-refractivity contribution in [3.8, 4) is 0 Å². The van der Waals surface area contributed by atoms with Crippen LogP contribution in [0.15, 0.2) is 18.2 Å². The lowest BCUT2D eigenvalue weighted by Gasteiger charge is -2.30. The number of nitrogens with one attached hydrogen (secondary N) is 1. The van der Waals surface area contributed by atoms with Gasteiger partial charge >= 0.3 is 0 Å². The van der Waals surface area contributed by atoms with Gasteiger partial charge in [-0.25, -0.2) is 12.7 Å². The quantitative estimate of drug-likeness (QED) is 0.909. The fourth-order valence-electron chi connectivity index (χ4n) is 2.63. The van der Waals surface area contributed by atoms with Gasteiger partial charge in [-0.2, -0.15) is 0 Å². The lowest BCUT2D eigenvalue weighted by atomic mass is 9.98. The van der Waals surface area contributed by atoms with Gasteiger partial charge in [-0.1, -0.05) is 17.7 Å². The lowest BCUT2D eigenvalue weighted by molar-refractivity contribution is 0.0941. The first-order valence-electron chi connectivity index (χ1n) is 7.27. The maximum Gasteiger partial charge on any atom is 0.251 e. The molecular weight excluding hydrogens is 324 g/mol. The molecule has 1 aromatic carbocycles. The van der Waals surface area contributed by atoms with Crippen molar-refractivity contribution in [2.24, 2.45) is 5.92 Å². The molecule has 0 spiro atoms. The van der Waals surface area contributed by atoms with E-state index in [0.29, 0.717) is 36.1 Å². The van der Waals surface area contributed by atoms with E-state index in [2.05, 4.69) is 5.32 Å². The van der Waals surface area contributed by atoms with E-state index in [-0.39, 0.29) is 5.91 Å². The van der Waals surface area contributed by atoms with Gasteiger partial charge in [-0.05, 0) is 43.4 Å². The number of rotatable bonds is 4. The molecule has 0 saturated carbocycles. The summed E-state index contributed by atoms with van der Waals surface area (Å²) in [5.74, 6) is 0.173. The second-order valence-corrected chi connectivity index (χ2v) is 8.12.